The number of fused-ring (bicyclic) bond motifs is 1. The Kier molecular flexibility index (Phi) is 5.70. The lowest BCUT2D eigenvalue weighted by molar-refractivity contribution is 0.0926. The molecule has 124 valence electrons. The molecule has 2 N–H and O–H groups in total. The molecule has 23 heavy (non-hydrogen) atoms. The largest absolute Gasteiger partial charge is 0.383 e. The van der Waals surface area contributed by atoms with Crippen molar-refractivity contribution >= 4 is 17.3 Å². The van der Waals surface area contributed by atoms with Crippen molar-refractivity contribution in [2.45, 2.75) is 26.3 Å². The molecule has 1 atom stereocenters. The molecule has 2 amide bonds. The molecule has 7 nitrogen and oxygen atoms in total. The minimum Gasteiger partial charge on any atom is -0.383 e. The van der Waals surface area contributed by atoms with Crippen molar-refractivity contribution in [3.63, 3.8) is 0 Å². The summed E-state index contributed by atoms with van der Waals surface area (Å²) in [6.45, 7) is 4.71. The number of pyridine rings is 1. The molecule has 0 saturated heterocycles. The lowest BCUT2D eigenvalue weighted by Gasteiger charge is -2.09. The van der Waals surface area contributed by atoms with E-state index in [9.17, 15) is 9.59 Å². The van der Waals surface area contributed by atoms with Gasteiger partial charge < -0.3 is 15.4 Å². The standard InChI is InChI=1S/C16H22N4O3/c1-4-11(2)18-15(21)13-12-7-5-6-9-20(12)14(19-13)16(22)17-8-10-23-3/h5-7,9,11H,4,8,10H2,1-3H3,(H,17,22)(H,18,21). The molecule has 0 bridgehead atoms. The van der Waals surface area contributed by atoms with Gasteiger partial charge in [-0.25, -0.2) is 4.98 Å². The first-order valence-electron chi connectivity index (χ1n) is 7.63. The van der Waals surface area contributed by atoms with Gasteiger partial charge in [0.05, 0.1) is 12.1 Å². The van der Waals surface area contributed by atoms with Gasteiger partial charge >= 0.3 is 0 Å². The molecule has 2 aromatic rings. The molecule has 1 unspecified atom stereocenters. The van der Waals surface area contributed by atoms with E-state index in [2.05, 4.69) is 15.6 Å². The number of hydrogen-bond donors (Lipinski definition) is 2. The number of imidazole rings is 1. The maximum Gasteiger partial charge on any atom is 0.287 e. The Bertz CT molecular complexity index is 696. The van der Waals surface area contributed by atoms with Crippen LogP contribution < -0.4 is 10.6 Å². The number of hydrogen-bond acceptors (Lipinski definition) is 4. The van der Waals surface area contributed by atoms with Crippen LogP contribution in [0.1, 0.15) is 41.4 Å². The molecule has 2 heterocycles. The van der Waals surface area contributed by atoms with Gasteiger partial charge in [-0.05, 0) is 25.5 Å². The summed E-state index contributed by atoms with van der Waals surface area (Å²) < 4.78 is 6.53. The monoisotopic (exact) mass is 318 g/mol. The van der Waals surface area contributed by atoms with Crippen molar-refractivity contribution in [2.24, 2.45) is 0 Å². The number of rotatable bonds is 7. The molecule has 0 aliphatic heterocycles. The van der Waals surface area contributed by atoms with E-state index in [4.69, 9.17) is 4.74 Å². The van der Waals surface area contributed by atoms with Gasteiger partial charge in [-0.15, -0.1) is 0 Å². The Morgan fingerprint density at radius 1 is 1.35 bits per heavy atom. The van der Waals surface area contributed by atoms with Gasteiger partial charge in [-0.1, -0.05) is 13.0 Å². The van der Waals surface area contributed by atoms with E-state index >= 15 is 0 Å². The predicted molar refractivity (Wildman–Crippen MR) is 86.6 cm³/mol. The fourth-order valence-electron chi connectivity index (χ4n) is 2.10. The highest BCUT2D eigenvalue weighted by Crippen LogP contribution is 2.13. The van der Waals surface area contributed by atoms with E-state index in [1.807, 2.05) is 19.9 Å². The lowest BCUT2D eigenvalue weighted by atomic mass is 10.2. The minimum atomic E-state index is -0.342. The number of methoxy groups -OCH3 is 1. The molecule has 2 aromatic heterocycles. The van der Waals surface area contributed by atoms with Crippen molar-refractivity contribution in [3.05, 3.63) is 35.9 Å². The van der Waals surface area contributed by atoms with E-state index in [0.29, 0.717) is 18.7 Å². The summed E-state index contributed by atoms with van der Waals surface area (Å²) in [7, 11) is 1.56. The molecule has 7 heteroatoms. The lowest BCUT2D eigenvalue weighted by Crippen LogP contribution is -2.32. The summed E-state index contributed by atoms with van der Waals surface area (Å²) >= 11 is 0. The van der Waals surface area contributed by atoms with Crippen LogP contribution in [-0.4, -0.2) is 47.5 Å². The quantitative estimate of drug-likeness (QED) is 0.752. The van der Waals surface area contributed by atoms with Crippen LogP contribution in [0.3, 0.4) is 0 Å². The van der Waals surface area contributed by atoms with Crippen LogP contribution in [0.5, 0.6) is 0 Å². The van der Waals surface area contributed by atoms with E-state index in [1.54, 1.807) is 29.8 Å². The van der Waals surface area contributed by atoms with Crippen LogP contribution in [0.4, 0.5) is 0 Å². The molecular weight excluding hydrogens is 296 g/mol. The maximum atomic E-state index is 12.4. The van der Waals surface area contributed by atoms with Crippen molar-refractivity contribution in [3.8, 4) is 0 Å². The zero-order valence-corrected chi connectivity index (χ0v) is 13.6. The van der Waals surface area contributed by atoms with Gasteiger partial charge in [0.1, 0.15) is 0 Å². The summed E-state index contributed by atoms with van der Waals surface area (Å²) in [6, 6.07) is 5.41. The number of carbonyl (C=O) groups is 2. The van der Waals surface area contributed by atoms with E-state index in [0.717, 1.165) is 6.42 Å². The first-order valence-corrected chi connectivity index (χ1v) is 7.63. The van der Waals surface area contributed by atoms with E-state index in [-0.39, 0.29) is 29.4 Å². The van der Waals surface area contributed by atoms with Crippen molar-refractivity contribution < 1.29 is 14.3 Å². The van der Waals surface area contributed by atoms with Crippen LogP contribution in [-0.2, 0) is 4.74 Å². The zero-order valence-electron chi connectivity index (χ0n) is 13.6. The Balaban J connectivity index is 2.32. The second-order valence-corrected chi connectivity index (χ2v) is 5.27. The first kappa shape index (κ1) is 17.0. The summed E-state index contributed by atoms with van der Waals surface area (Å²) in [6.07, 6.45) is 2.54. The Hall–Kier alpha value is -2.41. The van der Waals surface area contributed by atoms with Crippen LogP contribution in [0.15, 0.2) is 24.4 Å². The van der Waals surface area contributed by atoms with Crippen LogP contribution in [0.25, 0.3) is 5.52 Å². The third-order valence-corrected chi connectivity index (χ3v) is 3.55. The second kappa shape index (κ2) is 7.73. The number of nitrogens with one attached hydrogen (secondary N) is 2. The number of carbonyl (C=O) groups excluding carboxylic acids is 2. The molecule has 0 saturated carbocycles. The molecule has 0 aromatic carbocycles. The van der Waals surface area contributed by atoms with Crippen molar-refractivity contribution in [1.82, 2.24) is 20.0 Å². The molecule has 2 rings (SSSR count). The zero-order chi connectivity index (χ0) is 16.8. The van der Waals surface area contributed by atoms with Crippen LogP contribution in [0, 0.1) is 0 Å². The molecular formula is C16H22N4O3. The molecule has 0 radical (unpaired) electrons. The summed E-state index contributed by atoms with van der Waals surface area (Å²) in [5.74, 6) is -0.434. The summed E-state index contributed by atoms with van der Waals surface area (Å²) in [5.41, 5.74) is 0.855. The Labute approximate surface area is 135 Å². The number of amides is 2. The van der Waals surface area contributed by atoms with Gasteiger partial charge in [0.2, 0.25) is 5.82 Å². The second-order valence-electron chi connectivity index (χ2n) is 5.27. The van der Waals surface area contributed by atoms with Crippen molar-refractivity contribution in [2.75, 3.05) is 20.3 Å². The predicted octanol–water partition coefficient (Wildman–Crippen LogP) is 1.24. The highest BCUT2D eigenvalue weighted by molar-refractivity contribution is 6.02. The van der Waals surface area contributed by atoms with Gasteiger partial charge in [0.15, 0.2) is 5.69 Å². The highest BCUT2D eigenvalue weighted by Gasteiger charge is 2.21. The van der Waals surface area contributed by atoms with Gasteiger partial charge in [-0.3, -0.25) is 14.0 Å². The maximum absolute atomic E-state index is 12.4. The van der Waals surface area contributed by atoms with Gasteiger partial charge in [0.25, 0.3) is 11.8 Å². The van der Waals surface area contributed by atoms with Crippen LogP contribution >= 0.6 is 0 Å². The summed E-state index contributed by atoms with van der Waals surface area (Å²) in [5, 5.41) is 5.59. The molecule has 0 fully saturated rings. The summed E-state index contributed by atoms with van der Waals surface area (Å²) in [4.78, 5) is 28.9. The fraction of sp³-hybridized carbons (Fsp3) is 0.438. The fourth-order valence-corrected chi connectivity index (χ4v) is 2.10. The number of aromatic nitrogens is 2. The third kappa shape index (κ3) is 3.87. The van der Waals surface area contributed by atoms with Gasteiger partial charge in [-0.2, -0.15) is 0 Å². The Morgan fingerprint density at radius 2 is 2.13 bits per heavy atom. The van der Waals surface area contributed by atoms with Crippen molar-refractivity contribution in [1.29, 1.82) is 0 Å². The molecule has 0 spiro atoms. The van der Waals surface area contributed by atoms with E-state index in [1.165, 1.54) is 0 Å². The van der Waals surface area contributed by atoms with Crippen LogP contribution in [0.2, 0.25) is 0 Å². The third-order valence-electron chi connectivity index (χ3n) is 3.55. The average Bonchev–Trinajstić information content (AvgIpc) is 2.94. The highest BCUT2D eigenvalue weighted by atomic mass is 16.5. The minimum absolute atomic E-state index is 0.0435. The molecule has 0 aliphatic carbocycles. The van der Waals surface area contributed by atoms with E-state index < -0.39 is 0 Å². The topological polar surface area (TPSA) is 84.7 Å². The smallest absolute Gasteiger partial charge is 0.287 e. The number of ether oxygens (including phenoxy) is 1. The molecule has 0 aliphatic rings. The average molecular weight is 318 g/mol. The van der Waals surface area contributed by atoms with Gasteiger partial charge in [0, 0.05) is 25.9 Å². The normalized spacial score (nSPS) is 12.1. The SMILES string of the molecule is CCC(C)NC(=O)c1nc(C(=O)NCCOC)n2ccccc12. The number of nitrogens with zero attached hydrogens (tertiary/aromatic N) is 2. The first-order chi connectivity index (χ1) is 11.1. The Morgan fingerprint density at radius 3 is 2.83 bits per heavy atom.